The molecule has 0 aromatic heterocycles. The van der Waals surface area contributed by atoms with Crippen molar-refractivity contribution in [2.24, 2.45) is 0 Å². The normalized spacial score (nSPS) is 20.4. The van der Waals surface area contributed by atoms with Crippen molar-refractivity contribution in [1.29, 1.82) is 0 Å². The molecule has 1 N–H and O–H groups in total. The summed E-state index contributed by atoms with van der Waals surface area (Å²) < 4.78 is 68.5. The molecule has 26 heavy (non-hydrogen) atoms. The van der Waals surface area contributed by atoms with E-state index in [1.165, 1.54) is 12.1 Å². The zero-order chi connectivity index (χ0) is 19.2. The van der Waals surface area contributed by atoms with Crippen LogP contribution in [0.2, 0.25) is 0 Å². The maximum atomic E-state index is 12.4. The van der Waals surface area contributed by atoms with Gasteiger partial charge >= 0.3 is 15.6 Å². The molecule has 1 aliphatic heterocycles. The summed E-state index contributed by atoms with van der Waals surface area (Å²) in [4.78, 5) is 9.66. The Kier molecular flexibility index (Phi) is 4.33. The lowest BCUT2D eigenvalue weighted by Gasteiger charge is -2.21. The number of hydrogen-bond donors (Lipinski definition) is 2. The highest BCUT2D eigenvalue weighted by molar-refractivity contribution is 7.88. The molecule has 11 heteroatoms. The van der Waals surface area contributed by atoms with Crippen LogP contribution in [0.25, 0.3) is 10.8 Å². The number of nitrogens with one attached hydrogen (secondary N) is 1. The average Bonchev–Trinajstić information content (AvgIpc) is 2.96. The quantitative estimate of drug-likeness (QED) is 0.353. The Morgan fingerprint density at radius 2 is 1.85 bits per heavy atom. The average molecular weight is 405 g/mol. The predicted octanol–water partition coefficient (Wildman–Crippen LogP) is 2.44. The maximum absolute atomic E-state index is 12.4. The van der Waals surface area contributed by atoms with Gasteiger partial charge in [-0.05, 0) is 34.5 Å². The second kappa shape index (κ2) is 6.11. The third-order valence-corrected chi connectivity index (χ3v) is 5.10. The second-order valence-corrected chi connectivity index (χ2v) is 7.71. The zero-order valence-electron chi connectivity index (χ0n) is 12.7. The fraction of sp³-hybridized carbons (Fsp3) is 0.200. The van der Waals surface area contributed by atoms with E-state index in [0.717, 1.165) is 6.07 Å². The summed E-state index contributed by atoms with van der Waals surface area (Å²) in [6.45, 7) is 0.0667. The SMILES string of the molecule is O=C=C1N[C@@](S)(c2ccc3cc(OS(=O)(=O)C(F)(F)F)ccc3c2)CO1. The van der Waals surface area contributed by atoms with E-state index in [9.17, 15) is 26.4 Å². The van der Waals surface area contributed by atoms with Gasteiger partial charge < -0.3 is 14.2 Å². The Morgan fingerprint density at radius 3 is 2.46 bits per heavy atom. The van der Waals surface area contributed by atoms with E-state index < -0.39 is 26.2 Å². The van der Waals surface area contributed by atoms with Gasteiger partial charge in [-0.15, -0.1) is 12.6 Å². The van der Waals surface area contributed by atoms with Crippen LogP contribution in [0.3, 0.4) is 0 Å². The molecule has 1 saturated heterocycles. The molecule has 0 saturated carbocycles. The van der Waals surface area contributed by atoms with Gasteiger partial charge in [0.1, 0.15) is 17.2 Å². The Morgan fingerprint density at radius 1 is 1.19 bits per heavy atom. The lowest BCUT2D eigenvalue weighted by molar-refractivity contribution is -0.0500. The molecule has 1 atom stereocenters. The molecule has 1 aliphatic rings. The molecule has 2 aromatic carbocycles. The minimum Gasteiger partial charge on any atom is -0.467 e. The summed E-state index contributed by atoms with van der Waals surface area (Å²) in [7, 11) is -5.74. The molecule has 1 fully saturated rings. The Labute approximate surface area is 151 Å². The first-order chi connectivity index (χ1) is 12.0. The highest BCUT2D eigenvalue weighted by Gasteiger charge is 2.48. The van der Waals surface area contributed by atoms with Crippen molar-refractivity contribution < 1.29 is 35.3 Å². The van der Waals surface area contributed by atoms with Crippen LogP contribution in [0.1, 0.15) is 5.56 Å². The monoisotopic (exact) mass is 405 g/mol. The van der Waals surface area contributed by atoms with Gasteiger partial charge in [0.2, 0.25) is 0 Å². The van der Waals surface area contributed by atoms with Gasteiger partial charge in [0.15, 0.2) is 5.94 Å². The molecule has 6 nitrogen and oxygen atoms in total. The van der Waals surface area contributed by atoms with Crippen LogP contribution in [0.15, 0.2) is 42.3 Å². The van der Waals surface area contributed by atoms with Gasteiger partial charge in [-0.2, -0.15) is 21.6 Å². The summed E-state index contributed by atoms with van der Waals surface area (Å²) in [5.41, 5.74) is -4.88. The smallest absolute Gasteiger partial charge is 0.467 e. The molecular formula is C15H10F3NO5S2. The van der Waals surface area contributed by atoms with Crippen LogP contribution in [0.5, 0.6) is 5.75 Å². The number of halogens is 3. The van der Waals surface area contributed by atoms with E-state index >= 15 is 0 Å². The summed E-state index contributed by atoms with van der Waals surface area (Å²) in [5.74, 6) is 1.04. The van der Waals surface area contributed by atoms with Crippen molar-refractivity contribution in [2.75, 3.05) is 6.61 Å². The van der Waals surface area contributed by atoms with Gasteiger partial charge in [-0.3, -0.25) is 0 Å². The first-order valence-corrected chi connectivity index (χ1v) is 8.83. The number of benzene rings is 2. The fourth-order valence-corrected chi connectivity index (χ4v) is 3.11. The number of fused-ring (bicyclic) bond motifs is 1. The second-order valence-electron chi connectivity index (χ2n) is 5.41. The largest absolute Gasteiger partial charge is 0.534 e. The van der Waals surface area contributed by atoms with E-state index in [2.05, 4.69) is 22.1 Å². The molecule has 138 valence electrons. The molecule has 0 radical (unpaired) electrons. The van der Waals surface area contributed by atoms with Crippen LogP contribution in [-0.2, 0) is 24.5 Å². The number of thiol groups is 1. The molecule has 0 bridgehead atoms. The molecule has 0 spiro atoms. The van der Waals surface area contributed by atoms with Crippen LogP contribution in [0.4, 0.5) is 13.2 Å². The van der Waals surface area contributed by atoms with Crippen LogP contribution < -0.4 is 9.50 Å². The lowest BCUT2D eigenvalue weighted by atomic mass is 10.0. The van der Waals surface area contributed by atoms with Crippen LogP contribution in [-0.4, -0.2) is 26.5 Å². The number of alkyl halides is 3. The summed E-state index contributed by atoms with van der Waals surface area (Å²) in [6, 6.07) is 8.53. The summed E-state index contributed by atoms with van der Waals surface area (Å²) in [6.07, 6.45) is 0. The zero-order valence-corrected chi connectivity index (χ0v) is 14.4. The van der Waals surface area contributed by atoms with Crippen molar-refractivity contribution in [3.05, 3.63) is 47.8 Å². The maximum Gasteiger partial charge on any atom is 0.534 e. The Balaban J connectivity index is 1.93. The number of ether oxygens (including phenoxy) is 1. The van der Waals surface area contributed by atoms with Crippen molar-refractivity contribution in [1.82, 2.24) is 5.32 Å². The van der Waals surface area contributed by atoms with E-state index in [1.807, 2.05) is 0 Å². The van der Waals surface area contributed by atoms with E-state index in [-0.39, 0.29) is 12.5 Å². The molecule has 0 amide bonds. The molecule has 0 aliphatic carbocycles. The third kappa shape index (κ3) is 3.33. The first kappa shape index (κ1) is 18.4. The molecule has 1 heterocycles. The highest BCUT2D eigenvalue weighted by atomic mass is 32.2. The van der Waals surface area contributed by atoms with Gasteiger partial charge in [-0.1, -0.05) is 18.2 Å². The van der Waals surface area contributed by atoms with Crippen molar-refractivity contribution in [3.63, 3.8) is 0 Å². The lowest BCUT2D eigenvalue weighted by Crippen LogP contribution is -2.32. The Hall–Kier alpha value is -2.36. The van der Waals surface area contributed by atoms with Crippen LogP contribution in [0, 0.1) is 0 Å². The number of hydrogen-bond acceptors (Lipinski definition) is 7. The third-order valence-electron chi connectivity index (χ3n) is 3.62. The molecule has 2 aromatic rings. The minimum atomic E-state index is -5.74. The summed E-state index contributed by atoms with van der Waals surface area (Å²) in [5, 5.41) is 3.81. The first-order valence-electron chi connectivity index (χ1n) is 6.98. The summed E-state index contributed by atoms with van der Waals surface area (Å²) >= 11 is 4.45. The molecule has 3 rings (SSSR count). The van der Waals surface area contributed by atoms with Gasteiger partial charge in [0, 0.05) is 0 Å². The number of carbonyl (C=O) groups excluding carboxylic acids is 1. The fourth-order valence-electron chi connectivity index (χ4n) is 2.35. The van der Waals surface area contributed by atoms with E-state index in [0.29, 0.717) is 16.3 Å². The van der Waals surface area contributed by atoms with E-state index in [4.69, 9.17) is 4.74 Å². The molecular weight excluding hydrogens is 395 g/mol. The number of rotatable bonds is 3. The van der Waals surface area contributed by atoms with E-state index in [1.54, 1.807) is 24.1 Å². The topological polar surface area (TPSA) is 81.7 Å². The minimum absolute atomic E-state index is 0.0667. The standard InChI is InChI=1S/C15H10F3NO5S2/c16-15(17,18)26(21,22)24-12-4-2-9-5-11(3-1-10(9)6-12)14(25)8-23-13(7-20)19-14/h1-6,19,25H,8H2/t14-/m0/s1. The van der Waals surface area contributed by atoms with Crippen LogP contribution >= 0.6 is 12.6 Å². The van der Waals surface area contributed by atoms with Gasteiger partial charge in [0.05, 0.1) is 0 Å². The van der Waals surface area contributed by atoms with Crippen molar-refractivity contribution in [2.45, 2.75) is 10.4 Å². The Bertz CT molecular complexity index is 1030. The highest BCUT2D eigenvalue weighted by Crippen LogP contribution is 2.35. The molecule has 0 unspecified atom stereocenters. The predicted molar refractivity (Wildman–Crippen MR) is 88.5 cm³/mol. The van der Waals surface area contributed by atoms with Crippen molar-refractivity contribution in [3.8, 4) is 5.75 Å². The van der Waals surface area contributed by atoms with Crippen molar-refractivity contribution >= 4 is 39.5 Å². The van der Waals surface area contributed by atoms with Gasteiger partial charge in [0.25, 0.3) is 5.88 Å². The van der Waals surface area contributed by atoms with Gasteiger partial charge in [-0.25, -0.2) is 4.79 Å².